The zero-order valence-corrected chi connectivity index (χ0v) is 12.5. The lowest BCUT2D eigenvalue weighted by atomic mass is 10.1. The van der Waals surface area contributed by atoms with Crippen molar-refractivity contribution in [2.24, 2.45) is 0 Å². The van der Waals surface area contributed by atoms with Crippen LogP contribution < -0.4 is 10.1 Å². The van der Waals surface area contributed by atoms with Gasteiger partial charge in [-0.25, -0.2) is 0 Å². The number of nitro groups is 1. The highest BCUT2D eigenvalue weighted by Crippen LogP contribution is 2.28. The van der Waals surface area contributed by atoms with E-state index in [9.17, 15) is 14.9 Å². The van der Waals surface area contributed by atoms with Gasteiger partial charge in [-0.3, -0.25) is 19.6 Å². The van der Waals surface area contributed by atoms with Gasteiger partial charge in [0.1, 0.15) is 0 Å². The summed E-state index contributed by atoms with van der Waals surface area (Å²) < 4.78 is 6.65. The first-order valence-electron chi connectivity index (χ1n) is 6.64. The first-order chi connectivity index (χ1) is 10.5. The fourth-order valence-electron chi connectivity index (χ4n) is 2.06. The SMILES string of the molecule is CCn1ncc(NC(=O)c2ccc(OC)c([N+](=O)[O-])c2)c1C. The molecule has 0 saturated carbocycles. The van der Waals surface area contributed by atoms with E-state index in [1.54, 1.807) is 10.9 Å². The molecule has 1 N–H and O–H groups in total. The second kappa shape index (κ2) is 6.25. The Balaban J connectivity index is 2.27. The van der Waals surface area contributed by atoms with E-state index in [1.807, 2.05) is 13.8 Å². The predicted octanol–water partition coefficient (Wildman–Crippen LogP) is 2.38. The Morgan fingerprint density at radius 2 is 2.23 bits per heavy atom. The van der Waals surface area contributed by atoms with E-state index < -0.39 is 10.8 Å². The molecule has 1 aromatic heterocycles. The van der Waals surface area contributed by atoms with Crippen LogP contribution in [-0.2, 0) is 6.54 Å². The third-order valence-electron chi connectivity index (χ3n) is 3.29. The number of nitro benzene ring substituents is 1. The first-order valence-corrected chi connectivity index (χ1v) is 6.64. The lowest BCUT2D eigenvalue weighted by Crippen LogP contribution is -2.13. The zero-order valence-electron chi connectivity index (χ0n) is 12.5. The molecule has 0 bridgehead atoms. The lowest BCUT2D eigenvalue weighted by Gasteiger charge is -2.07. The van der Waals surface area contributed by atoms with Crippen LogP contribution in [0.5, 0.6) is 5.75 Å². The van der Waals surface area contributed by atoms with Crippen molar-refractivity contribution in [2.75, 3.05) is 12.4 Å². The molecule has 0 aliphatic rings. The van der Waals surface area contributed by atoms with Crippen LogP contribution in [-0.4, -0.2) is 27.7 Å². The molecule has 116 valence electrons. The molecule has 22 heavy (non-hydrogen) atoms. The third kappa shape index (κ3) is 2.90. The fourth-order valence-corrected chi connectivity index (χ4v) is 2.06. The Morgan fingerprint density at radius 3 is 2.77 bits per heavy atom. The highest BCUT2D eigenvalue weighted by Gasteiger charge is 2.19. The Kier molecular flexibility index (Phi) is 4.40. The van der Waals surface area contributed by atoms with Gasteiger partial charge in [-0.05, 0) is 26.0 Å². The van der Waals surface area contributed by atoms with Crippen molar-refractivity contribution in [2.45, 2.75) is 20.4 Å². The number of rotatable bonds is 5. The molecule has 2 rings (SSSR count). The zero-order chi connectivity index (χ0) is 16.3. The summed E-state index contributed by atoms with van der Waals surface area (Å²) in [4.78, 5) is 22.6. The number of anilines is 1. The Bertz CT molecular complexity index is 724. The van der Waals surface area contributed by atoms with E-state index in [2.05, 4.69) is 10.4 Å². The van der Waals surface area contributed by atoms with Crippen LogP contribution >= 0.6 is 0 Å². The molecule has 0 atom stereocenters. The predicted molar refractivity (Wildman–Crippen MR) is 80.2 cm³/mol. The van der Waals surface area contributed by atoms with Crippen molar-refractivity contribution in [3.8, 4) is 5.75 Å². The summed E-state index contributed by atoms with van der Waals surface area (Å²) >= 11 is 0. The Hall–Kier alpha value is -2.90. The van der Waals surface area contributed by atoms with E-state index in [1.165, 1.54) is 25.3 Å². The van der Waals surface area contributed by atoms with Crippen LogP contribution in [0, 0.1) is 17.0 Å². The van der Waals surface area contributed by atoms with Crippen molar-refractivity contribution in [1.82, 2.24) is 9.78 Å². The minimum atomic E-state index is -0.587. The molecule has 0 spiro atoms. The molecular weight excluding hydrogens is 288 g/mol. The standard InChI is InChI=1S/C14H16N4O4/c1-4-17-9(2)11(8-15-17)16-14(19)10-5-6-13(22-3)12(7-10)18(20)21/h5-8H,4H2,1-3H3,(H,16,19). The molecule has 1 aromatic carbocycles. The van der Waals surface area contributed by atoms with E-state index >= 15 is 0 Å². The lowest BCUT2D eigenvalue weighted by molar-refractivity contribution is -0.385. The molecule has 2 aromatic rings. The van der Waals surface area contributed by atoms with Gasteiger partial charge in [0.25, 0.3) is 5.91 Å². The van der Waals surface area contributed by atoms with Crippen LogP contribution in [0.1, 0.15) is 23.0 Å². The van der Waals surface area contributed by atoms with Gasteiger partial charge >= 0.3 is 5.69 Å². The summed E-state index contributed by atoms with van der Waals surface area (Å²) in [6, 6.07) is 4.06. The largest absolute Gasteiger partial charge is 0.490 e. The molecule has 1 amide bonds. The van der Waals surface area contributed by atoms with Crippen LogP contribution in [0.3, 0.4) is 0 Å². The third-order valence-corrected chi connectivity index (χ3v) is 3.29. The van der Waals surface area contributed by atoms with Gasteiger partial charge in [0.2, 0.25) is 0 Å². The van der Waals surface area contributed by atoms with Crippen LogP contribution in [0.15, 0.2) is 24.4 Å². The second-order valence-corrected chi connectivity index (χ2v) is 4.56. The number of hydrogen-bond acceptors (Lipinski definition) is 5. The van der Waals surface area contributed by atoms with Gasteiger partial charge in [0.15, 0.2) is 5.75 Å². The van der Waals surface area contributed by atoms with Gasteiger partial charge in [0, 0.05) is 18.2 Å². The number of aromatic nitrogens is 2. The topological polar surface area (TPSA) is 99.3 Å². The van der Waals surface area contributed by atoms with E-state index in [0.717, 1.165) is 5.69 Å². The maximum atomic E-state index is 12.2. The molecule has 0 unspecified atom stereocenters. The highest BCUT2D eigenvalue weighted by atomic mass is 16.6. The van der Waals surface area contributed by atoms with Gasteiger partial charge in [-0.1, -0.05) is 0 Å². The number of methoxy groups -OCH3 is 1. The summed E-state index contributed by atoms with van der Waals surface area (Å²) in [6.07, 6.45) is 1.55. The van der Waals surface area contributed by atoms with Gasteiger partial charge in [-0.2, -0.15) is 5.10 Å². The first kappa shape index (κ1) is 15.5. The average molecular weight is 304 g/mol. The monoisotopic (exact) mass is 304 g/mol. The van der Waals surface area contributed by atoms with E-state index in [4.69, 9.17) is 4.74 Å². The molecule has 0 saturated heterocycles. The van der Waals surface area contributed by atoms with Crippen molar-refractivity contribution >= 4 is 17.3 Å². The molecule has 0 fully saturated rings. The molecule has 1 heterocycles. The summed E-state index contributed by atoms with van der Waals surface area (Å²) in [7, 11) is 1.34. The van der Waals surface area contributed by atoms with E-state index in [0.29, 0.717) is 12.2 Å². The molecule has 8 heteroatoms. The van der Waals surface area contributed by atoms with Crippen molar-refractivity contribution in [3.05, 3.63) is 45.8 Å². The van der Waals surface area contributed by atoms with Gasteiger partial charge in [-0.15, -0.1) is 0 Å². The number of ether oxygens (including phenoxy) is 1. The van der Waals surface area contributed by atoms with Gasteiger partial charge in [0.05, 0.1) is 29.6 Å². The van der Waals surface area contributed by atoms with Crippen molar-refractivity contribution < 1.29 is 14.5 Å². The number of nitrogens with zero attached hydrogens (tertiary/aromatic N) is 3. The summed E-state index contributed by atoms with van der Waals surface area (Å²) in [5.41, 5.74) is 1.32. The summed E-state index contributed by atoms with van der Waals surface area (Å²) in [5.74, 6) is -0.332. The number of benzene rings is 1. The van der Waals surface area contributed by atoms with Crippen LogP contribution in [0.25, 0.3) is 0 Å². The maximum absolute atomic E-state index is 12.2. The number of aryl methyl sites for hydroxylation is 1. The number of amides is 1. The highest BCUT2D eigenvalue weighted by molar-refractivity contribution is 6.05. The number of carbonyl (C=O) groups is 1. The normalized spacial score (nSPS) is 10.3. The summed E-state index contributed by atoms with van der Waals surface area (Å²) in [5, 5.41) is 17.8. The van der Waals surface area contributed by atoms with Gasteiger partial charge < -0.3 is 10.1 Å². The Morgan fingerprint density at radius 1 is 1.50 bits per heavy atom. The van der Waals surface area contributed by atoms with Crippen molar-refractivity contribution in [3.63, 3.8) is 0 Å². The molecular formula is C14H16N4O4. The fraction of sp³-hybridized carbons (Fsp3) is 0.286. The summed E-state index contributed by atoms with van der Waals surface area (Å²) in [6.45, 7) is 4.47. The average Bonchev–Trinajstić information content (AvgIpc) is 2.86. The van der Waals surface area contributed by atoms with Crippen LogP contribution in [0.2, 0.25) is 0 Å². The van der Waals surface area contributed by atoms with Crippen LogP contribution in [0.4, 0.5) is 11.4 Å². The molecule has 0 aliphatic carbocycles. The molecule has 0 radical (unpaired) electrons. The minimum absolute atomic E-state index is 0.108. The number of hydrogen-bond donors (Lipinski definition) is 1. The quantitative estimate of drug-likeness (QED) is 0.675. The van der Waals surface area contributed by atoms with Crippen molar-refractivity contribution in [1.29, 1.82) is 0 Å². The second-order valence-electron chi connectivity index (χ2n) is 4.56. The number of carbonyl (C=O) groups excluding carboxylic acids is 1. The Labute approximate surface area is 126 Å². The molecule has 0 aliphatic heterocycles. The van der Waals surface area contributed by atoms with E-state index in [-0.39, 0.29) is 17.0 Å². The number of nitrogens with one attached hydrogen (secondary N) is 1. The smallest absolute Gasteiger partial charge is 0.311 e. The molecule has 8 nitrogen and oxygen atoms in total. The minimum Gasteiger partial charge on any atom is -0.490 e. The maximum Gasteiger partial charge on any atom is 0.311 e.